The molecular formula is C65H55N. The average molecular weight is 850 g/mol. The average Bonchev–Trinajstić information content (AvgIpc) is 3.59. The Kier molecular flexibility index (Phi) is 9.14. The molecule has 1 nitrogen and oxygen atoms in total. The minimum atomic E-state index is -0.0208. The third-order valence-electron chi connectivity index (χ3n) is 16.4. The van der Waals surface area contributed by atoms with Crippen LogP contribution in [0.4, 0.5) is 17.1 Å². The SMILES string of the molecule is CC1(C)c2ccccc2-c2cc(-c3cccc(N(c4ccc(-c5ccc(C67CC8CC(CC(C8)C6)C7)cc5)cc4)c4ccc(-c5cccc6cccc(-c7ccccc7)c56)cc4)c3)ccc21. The highest BCUT2D eigenvalue weighted by Gasteiger charge is 2.51. The molecule has 0 spiro atoms. The van der Waals surface area contributed by atoms with E-state index in [4.69, 9.17) is 0 Å². The van der Waals surface area contributed by atoms with Crippen LogP contribution in [-0.4, -0.2) is 0 Å². The fourth-order valence-electron chi connectivity index (χ4n) is 13.7. The first kappa shape index (κ1) is 39.4. The van der Waals surface area contributed by atoms with Crippen molar-refractivity contribution in [1.29, 1.82) is 0 Å². The van der Waals surface area contributed by atoms with E-state index in [-0.39, 0.29) is 5.41 Å². The molecular weight excluding hydrogens is 795 g/mol. The predicted molar refractivity (Wildman–Crippen MR) is 278 cm³/mol. The number of hydrogen-bond acceptors (Lipinski definition) is 1. The second-order valence-corrected chi connectivity index (χ2v) is 20.8. The smallest absolute Gasteiger partial charge is 0.0467 e. The Morgan fingerprint density at radius 3 is 1.50 bits per heavy atom. The van der Waals surface area contributed by atoms with Crippen LogP contribution in [0.25, 0.3) is 66.4 Å². The second-order valence-electron chi connectivity index (χ2n) is 20.8. The van der Waals surface area contributed by atoms with Crippen molar-refractivity contribution in [2.45, 2.75) is 63.2 Å². The Morgan fingerprint density at radius 2 is 0.848 bits per heavy atom. The molecule has 0 aliphatic heterocycles. The third kappa shape index (κ3) is 6.50. The number of benzene rings is 9. The van der Waals surface area contributed by atoms with Gasteiger partial charge in [0.15, 0.2) is 0 Å². The van der Waals surface area contributed by atoms with Gasteiger partial charge in [0.25, 0.3) is 0 Å². The fraction of sp³-hybridized carbons (Fsp3) is 0.200. The lowest BCUT2D eigenvalue weighted by Gasteiger charge is -2.57. The molecule has 14 rings (SSSR count). The molecule has 66 heavy (non-hydrogen) atoms. The normalized spacial score (nSPS) is 20.8. The van der Waals surface area contributed by atoms with Crippen molar-refractivity contribution in [2.24, 2.45) is 17.8 Å². The molecule has 0 aromatic heterocycles. The highest BCUT2D eigenvalue weighted by molar-refractivity contribution is 6.06. The van der Waals surface area contributed by atoms with E-state index in [1.54, 1.807) is 5.56 Å². The van der Waals surface area contributed by atoms with E-state index in [1.165, 1.54) is 116 Å². The molecule has 0 heterocycles. The van der Waals surface area contributed by atoms with Gasteiger partial charge in [-0.2, -0.15) is 0 Å². The van der Waals surface area contributed by atoms with Crippen LogP contribution in [0.1, 0.15) is 69.1 Å². The first-order chi connectivity index (χ1) is 32.4. The minimum absolute atomic E-state index is 0.0208. The largest absolute Gasteiger partial charge is 0.310 e. The van der Waals surface area contributed by atoms with E-state index >= 15 is 0 Å². The van der Waals surface area contributed by atoms with E-state index in [9.17, 15) is 0 Å². The Morgan fingerprint density at radius 1 is 0.364 bits per heavy atom. The Balaban J connectivity index is 0.876. The zero-order valence-electron chi connectivity index (χ0n) is 38.1. The quantitative estimate of drug-likeness (QED) is 0.147. The van der Waals surface area contributed by atoms with Gasteiger partial charge in [0.2, 0.25) is 0 Å². The molecule has 9 aromatic carbocycles. The Bertz CT molecular complexity index is 3240. The maximum Gasteiger partial charge on any atom is 0.0467 e. The molecule has 0 atom stereocenters. The first-order valence-electron chi connectivity index (χ1n) is 24.4. The maximum atomic E-state index is 2.48. The summed E-state index contributed by atoms with van der Waals surface area (Å²) in [5.41, 5.74) is 20.8. The molecule has 0 unspecified atom stereocenters. The fourth-order valence-corrected chi connectivity index (χ4v) is 13.7. The van der Waals surface area contributed by atoms with Crippen LogP contribution < -0.4 is 4.90 Å². The van der Waals surface area contributed by atoms with Crippen molar-refractivity contribution < 1.29 is 0 Å². The van der Waals surface area contributed by atoms with Crippen molar-refractivity contribution >= 4 is 27.8 Å². The zero-order valence-corrected chi connectivity index (χ0v) is 38.1. The summed E-state index contributed by atoms with van der Waals surface area (Å²) in [5, 5.41) is 2.53. The van der Waals surface area contributed by atoms with Gasteiger partial charge in [0.1, 0.15) is 0 Å². The molecule has 0 radical (unpaired) electrons. The molecule has 0 saturated heterocycles. The Labute approximate surface area is 390 Å². The zero-order chi connectivity index (χ0) is 44.0. The van der Waals surface area contributed by atoms with Gasteiger partial charge in [-0.1, -0.05) is 178 Å². The molecule has 4 fully saturated rings. The molecule has 0 amide bonds. The van der Waals surface area contributed by atoms with Crippen molar-refractivity contribution in [3.05, 3.63) is 223 Å². The number of hydrogen-bond donors (Lipinski definition) is 0. The first-order valence-corrected chi connectivity index (χ1v) is 24.4. The number of nitrogens with zero attached hydrogens (tertiary/aromatic N) is 1. The van der Waals surface area contributed by atoms with Crippen LogP contribution in [0.3, 0.4) is 0 Å². The number of rotatable bonds is 8. The lowest BCUT2D eigenvalue weighted by Crippen LogP contribution is -2.48. The lowest BCUT2D eigenvalue weighted by atomic mass is 9.48. The summed E-state index contributed by atoms with van der Waals surface area (Å²) in [6, 6.07) is 77.5. The molecule has 320 valence electrons. The van der Waals surface area contributed by atoms with Crippen molar-refractivity contribution in [3.8, 4) is 55.6 Å². The monoisotopic (exact) mass is 849 g/mol. The second kappa shape index (κ2) is 15.3. The minimum Gasteiger partial charge on any atom is -0.310 e. The van der Waals surface area contributed by atoms with Crippen molar-refractivity contribution in [1.82, 2.24) is 0 Å². The highest BCUT2D eigenvalue weighted by atomic mass is 15.1. The topological polar surface area (TPSA) is 3.24 Å². The van der Waals surface area contributed by atoms with Gasteiger partial charge in [-0.25, -0.2) is 0 Å². The summed E-state index contributed by atoms with van der Waals surface area (Å²) < 4.78 is 0. The molecule has 5 aliphatic rings. The Hall–Kier alpha value is -6.96. The molecule has 4 saturated carbocycles. The number of fused-ring (bicyclic) bond motifs is 4. The van der Waals surface area contributed by atoms with Crippen LogP contribution in [0.15, 0.2) is 206 Å². The maximum absolute atomic E-state index is 2.48. The van der Waals surface area contributed by atoms with E-state index in [1.807, 2.05) is 0 Å². The standard InChI is InChI=1S/C65H55N/c1-64(2)61-20-7-6-17-59(61)60-39-52(27-34-62(60)64)51-15-8-16-56(38-51)66(55-32-25-49(26-33-55)58-19-10-14-50-13-9-18-57(63(50)58)48-11-4-3-5-12-48)54-30-23-47(24-31-54)46-21-28-53(29-22-46)65-40-43-35-44(41-65)37-45(36-43)42-65/h3-34,38-39,43-45H,35-37,40-42H2,1-2H3. The van der Waals surface area contributed by atoms with E-state index in [0.717, 1.165) is 34.8 Å². The summed E-state index contributed by atoms with van der Waals surface area (Å²) in [6.07, 6.45) is 8.66. The van der Waals surface area contributed by atoms with Crippen LogP contribution in [0, 0.1) is 17.8 Å². The summed E-state index contributed by atoms with van der Waals surface area (Å²) in [6.45, 7) is 4.71. The van der Waals surface area contributed by atoms with Crippen molar-refractivity contribution in [2.75, 3.05) is 4.90 Å². The van der Waals surface area contributed by atoms with Gasteiger partial charge < -0.3 is 4.90 Å². The van der Waals surface area contributed by atoms with Gasteiger partial charge in [0.05, 0.1) is 0 Å². The van der Waals surface area contributed by atoms with Crippen molar-refractivity contribution in [3.63, 3.8) is 0 Å². The summed E-state index contributed by atoms with van der Waals surface area (Å²) in [5.74, 6) is 2.85. The summed E-state index contributed by atoms with van der Waals surface area (Å²) in [7, 11) is 0. The summed E-state index contributed by atoms with van der Waals surface area (Å²) >= 11 is 0. The van der Waals surface area contributed by atoms with Gasteiger partial charge in [-0.15, -0.1) is 0 Å². The van der Waals surface area contributed by atoms with Crippen LogP contribution in [0.2, 0.25) is 0 Å². The predicted octanol–water partition coefficient (Wildman–Crippen LogP) is 17.8. The highest BCUT2D eigenvalue weighted by Crippen LogP contribution is 2.61. The van der Waals surface area contributed by atoms with E-state index in [0.29, 0.717) is 5.41 Å². The molecule has 4 bridgehead atoms. The molecule has 5 aliphatic carbocycles. The third-order valence-corrected chi connectivity index (χ3v) is 16.4. The van der Waals surface area contributed by atoms with Crippen LogP contribution >= 0.6 is 0 Å². The summed E-state index contributed by atoms with van der Waals surface area (Å²) in [4.78, 5) is 2.43. The van der Waals surface area contributed by atoms with Crippen LogP contribution in [0.5, 0.6) is 0 Å². The van der Waals surface area contributed by atoms with Gasteiger partial charge in [0, 0.05) is 22.5 Å². The van der Waals surface area contributed by atoms with E-state index in [2.05, 4.69) is 225 Å². The van der Waals surface area contributed by atoms with E-state index < -0.39 is 0 Å². The van der Waals surface area contributed by atoms with Gasteiger partial charge in [-0.05, 0) is 187 Å². The molecule has 0 N–H and O–H groups in total. The lowest BCUT2D eigenvalue weighted by molar-refractivity contribution is -0.00518. The van der Waals surface area contributed by atoms with Crippen LogP contribution in [-0.2, 0) is 10.8 Å². The molecule has 9 aromatic rings. The van der Waals surface area contributed by atoms with Gasteiger partial charge in [-0.3, -0.25) is 0 Å². The number of anilines is 3. The van der Waals surface area contributed by atoms with Gasteiger partial charge >= 0.3 is 0 Å². The molecule has 1 heteroatoms.